The third kappa shape index (κ3) is 2.94. The molecule has 2 N–H and O–H groups in total. The van der Waals surface area contributed by atoms with Gasteiger partial charge in [0, 0.05) is 19.3 Å². The smallest absolute Gasteiger partial charge is 0.302 e. The Morgan fingerprint density at radius 1 is 1.14 bits per heavy atom. The van der Waals surface area contributed by atoms with Crippen molar-refractivity contribution in [3.8, 4) is 0 Å². The number of oxime groups is 2. The van der Waals surface area contributed by atoms with Crippen molar-refractivity contribution in [1.29, 1.82) is 0 Å². The van der Waals surface area contributed by atoms with E-state index in [1.165, 1.54) is 12.5 Å². The van der Waals surface area contributed by atoms with Gasteiger partial charge in [-0.3, -0.25) is 4.79 Å². The van der Waals surface area contributed by atoms with E-state index in [1.807, 2.05) is 6.92 Å². The number of allylic oxidation sites excluding steroid dienone is 3. The van der Waals surface area contributed by atoms with Crippen molar-refractivity contribution in [2.24, 2.45) is 38.9 Å². The summed E-state index contributed by atoms with van der Waals surface area (Å²) in [5, 5.41) is 26.5. The SMILES string of the molecule is CC(=O)O[C@H]1CC[C@@]2(C)C(=C/C(=N/O)C3C2CC[C@]2(C)C(/C(C)=N\O)=CCC32)C1. The van der Waals surface area contributed by atoms with Crippen LogP contribution in [-0.2, 0) is 9.53 Å². The largest absolute Gasteiger partial charge is 0.462 e. The minimum atomic E-state index is -0.233. The second kappa shape index (κ2) is 6.99. The summed E-state index contributed by atoms with van der Waals surface area (Å²) in [4.78, 5) is 11.4. The molecular formula is C23H32N2O4. The number of ether oxygens (including phenoxy) is 1. The molecule has 6 nitrogen and oxygen atoms in total. The predicted molar refractivity (Wildman–Crippen MR) is 110 cm³/mol. The Labute approximate surface area is 172 Å². The van der Waals surface area contributed by atoms with Gasteiger partial charge in [-0.1, -0.05) is 35.8 Å². The molecule has 0 bridgehead atoms. The molecule has 0 spiro atoms. The van der Waals surface area contributed by atoms with Crippen LogP contribution in [0.5, 0.6) is 0 Å². The van der Waals surface area contributed by atoms with E-state index in [4.69, 9.17) is 4.74 Å². The second-order valence-corrected chi connectivity index (χ2v) is 9.82. The first kappa shape index (κ1) is 20.2. The van der Waals surface area contributed by atoms with Crippen molar-refractivity contribution in [1.82, 2.24) is 0 Å². The maximum Gasteiger partial charge on any atom is 0.302 e. The van der Waals surface area contributed by atoms with Crippen molar-refractivity contribution in [2.75, 3.05) is 0 Å². The van der Waals surface area contributed by atoms with Crippen LogP contribution in [0.3, 0.4) is 0 Å². The molecule has 4 rings (SSSR count). The first-order chi connectivity index (χ1) is 13.7. The summed E-state index contributed by atoms with van der Waals surface area (Å²) in [6.45, 7) is 7.95. The predicted octanol–water partition coefficient (Wildman–Crippen LogP) is 4.71. The maximum absolute atomic E-state index is 11.4. The van der Waals surface area contributed by atoms with Crippen LogP contribution in [0, 0.1) is 28.6 Å². The average molecular weight is 401 g/mol. The van der Waals surface area contributed by atoms with Crippen molar-refractivity contribution >= 4 is 17.4 Å². The number of carbonyl (C=O) groups is 1. The molecule has 0 aromatic heterocycles. The van der Waals surface area contributed by atoms with Gasteiger partial charge in [0.15, 0.2) is 0 Å². The van der Waals surface area contributed by atoms with Crippen LogP contribution in [0.1, 0.15) is 66.2 Å². The number of hydrogen-bond donors (Lipinski definition) is 2. The fraction of sp³-hybridized carbons (Fsp3) is 0.696. The van der Waals surface area contributed by atoms with Crippen LogP contribution >= 0.6 is 0 Å². The number of fused-ring (bicyclic) bond motifs is 5. The fourth-order valence-corrected chi connectivity index (χ4v) is 7.01. The minimum Gasteiger partial charge on any atom is -0.462 e. The summed E-state index contributed by atoms with van der Waals surface area (Å²) >= 11 is 0. The van der Waals surface area contributed by atoms with Crippen LogP contribution in [0.25, 0.3) is 0 Å². The zero-order valence-electron chi connectivity index (χ0n) is 17.8. The molecule has 3 unspecified atom stereocenters. The van der Waals surface area contributed by atoms with E-state index in [1.54, 1.807) is 0 Å². The van der Waals surface area contributed by atoms with E-state index in [0.29, 0.717) is 17.5 Å². The lowest BCUT2D eigenvalue weighted by Gasteiger charge is -2.57. The Morgan fingerprint density at radius 2 is 1.86 bits per heavy atom. The molecule has 0 saturated heterocycles. The third-order valence-electron chi connectivity index (χ3n) is 8.49. The molecular weight excluding hydrogens is 368 g/mol. The fourth-order valence-electron chi connectivity index (χ4n) is 7.01. The van der Waals surface area contributed by atoms with Gasteiger partial charge in [0.25, 0.3) is 0 Å². The Balaban J connectivity index is 1.70. The van der Waals surface area contributed by atoms with E-state index in [9.17, 15) is 15.2 Å². The molecule has 2 saturated carbocycles. The monoisotopic (exact) mass is 400 g/mol. The van der Waals surface area contributed by atoms with Crippen molar-refractivity contribution in [3.63, 3.8) is 0 Å². The van der Waals surface area contributed by atoms with E-state index < -0.39 is 0 Å². The zero-order chi connectivity index (χ0) is 21.0. The highest BCUT2D eigenvalue weighted by atomic mass is 16.5. The van der Waals surface area contributed by atoms with Gasteiger partial charge in [0.1, 0.15) is 6.10 Å². The molecule has 6 heteroatoms. The number of nitrogens with zero attached hydrogens (tertiary/aromatic N) is 2. The summed E-state index contributed by atoms with van der Waals surface area (Å²) in [5.74, 6) is 0.685. The summed E-state index contributed by atoms with van der Waals surface area (Å²) < 4.78 is 5.50. The lowest BCUT2D eigenvalue weighted by Crippen LogP contribution is -2.53. The van der Waals surface area contributed by atoms with E-state index in [-0.39, 0.29) is 28.8 Å². The number of rotatable bonds is 2. The normalized spacial score (nSPS) is 43.0. The van der Waals surface area contributed by atoms with Gasteiger partial charge >= 0.3 is 5.97 Å². The highest BCUT2D eigenvalue weighted by Crippen LogP contribution is 2.64. The van der Waals surface area contributed by atoms with Crippen LogP contribution in [-0.4, -0.2) is 33.9 Å². The van der Waals surface area contributed by atoms with Crippen LogP contribution in [0.15, 0.2) is 33.6 Å². The van der Waals surface area contributed by atoms with Crippen LogP contribution < -0.4 is 0 Å². The van der Waals surface area contributed by atoms with Crippen molar-refractivity contribution in [3.05, 3.63) is 23.3 Å². The van der Waals surface area contributed by atoms with Crippen LogP contribution in [0.2, 0.25) is 0 Å². The van der Waals surface area contributed by atoms with Gasteiger partial charge in [0.2, 0.25) is 0 Å². The molecule has 0 aromatic carbocycles. The number of carbonyl (C=O) groups excluding carboxylic acids is 1. The van der Waals surface area contributed by atoms with Crippen molar-refractivity contribution < 1.29 is 19.9 Å². The highest BCUT2D eigenvalue weighted by Gasteiger charge is 2.59. The van der Waals surface area contributed by atoms with Gasteiger partial charge in [-0.25, -0.2) is 0 Å². The molecule has 2 fully saturated rings. The summed E-state index contributed by atoms with van der Waals surface area (Å²) in [5.41, 5.74) is 3.82. The first-order valence-electron chi connectivity index (χ1n) is 10.7. The highest BCUT2D eigenvalue weighted by molar-refractivity contribution is 6.01. The minimum absolute atomic E-state index is 0.0414. The topological polar surface area (TPSA) is 91.5 Å². The van der Waals surface area contributed by atoms with Gasteiger partial charge in [-0.05, 0) is 73.3 Å². The van der Waals surface area contributed by atoms with Gasteiger partial charge in [-0.15, -0.1) is 0 Å². The van der Waals surface area contributed by atoms with Crippen LogP contribution in [0.4, 0.5) is 0 Å². The third-order valence-corrected chi connectivity index (χ3v) is 8.49. The van der Waals surface area contributed by atoms with Gasteiger partial charge < -0.3 is 15.2 Å². The number of esters is 1. The Morgan fingerprint density at radius 3 is 2.52 bits per heavy atom. The summed E-state index contributed by atoms with van der Waals surface area (Å²) in [6, 6.07) is 0. The molecule has 0 aliphatic heterocycles. The Hall–Kier alpha value is -2.11. The lowest BCUT2D eigenvalue weighted by molar-refractivity contribution is -0.148. The van der Waals surface area contributed by atoms with E-state index >= 15 is 0 Å². The summed E-state index contributed by atoms with van der Waals surface area (Å²) in [7, 11) is 0. The molecule has 4 aliphatic rings. The molecule has 6 atom stereocenters. The van der Waals surface area contributed by atoms with Gasteiger partial charge in [0.05, 0.1) is 11.4 Å². The molecule has 0 heterocycles. The average Bonchev–Trinajstić information content (AvgIpc) is 3.04. The Kier molecular flexibility index (Phi) is 4.87. The molecule has 158 valence electrons. The van der Waals surface area contributed by atoms with Gasteiger partial charge in [-0.2, -0.15) is 0 Å². The van der Waals surface area contributed by atoms with E-state index in [2.05, 4.69) is 36.3 Å². The van der Waals surface area contributed by atoms with E-state index in [0.717, 1.165) is 49.8 Å². The quantitative estimate of drug-likeness (QED) is 0.304. The van der Waals surface area contributed by atoms with Crippen molar-refractivity contribution in [2.45, 2.75) is 72.3 Å². The maximum atomic E-state index is 11.4. The lowest BCUT2D eigenvalue weighted by atomic mass is 9.47. The number of hydrogen-bond acceptors (Lipinski definition) is 6. The molecule has 0 amide bonds. The Bertz CT molecular complexity index is 842. The molecule has 29 heavy (non-hydrogen) atoms. The standard InChI is InChI=1S/C23H32N2O4/c1-13(24-27)17-5-6-18-21-19(8-10-23(17,18)4)22(3)9-7-16(29-14(2)26)11-15(22)12-20(21)25-28/h5,12,16,18-19,21,27-28H,6-11H2,1-4H3/b24-13-,25-20-/t16-,18?,19?,21?,22-,23+/m0/s1. The molecule has 4 aliphatic carbocycles. The molecule has 0 radical (unpaired) electrons. The summed E-state index contributed by atoms with van der Waals surface area (Å²) in [6.07, 6.45) is 9.78. The molecule has 0 aromatic rings. The first-order valence-corrected chi connectivity index (χ1v) is 10.7. The zero-order valence-corrected chi connectivity index (χ0v) is 17.8. The second-order valence-electron chi connectivity index (χ2n) is 9.82.